The summed E-state index contributed by atoms with van der Waals surface area (Å²) in [6.45, 7) is 3.26. The number of hydrogen-bond acceptors (Lipinski definition) is 3. The first-order chi connectivity index (χ1) is 5.36. The van der Waals surface area contributed by atoms with Gasteiger partial charge in [-0.1, -0.05) is 6.92 Å². The third-order valence-electron chi connectivity index (χ3n) is 2.24. The van der Waals surface area contributed by atoms with Crippen molar-refractivity contribution >= 4 is 5.71 Å². The number of nitrogens with two attached hydrogens (primary N) is 1. The van der Waals surface area contributed by atoms with Gasteiger partial charge < -0.3 is 11.2 Å². The molecule has 1 aliphatic rings. The second-order valence-electron chi connectivity index (χ2n) is 3.05. The summed E-state index contributed by atoms with van der Waals surface area (Å²) in [5.74, 6) is 5.22. The second-order valence-corrected chi connectivity index (χ2v) is 3.05. The van der Waals surface area contributed by atoms with E-state index >= 15 is 0 Å². The molecule has 1 fully saturated rings. The van der Waals surface area contributed by atoms with Crippen molar-refractivity contribution < 1.29 is 0 Å². The first-order valence-corrected chi connectivity index (χ1v) is 4.35. The van der Waals surface area contributed by atoms with E-state index in [1.54, 1.807) is 0 Å². The summed E-state index contributed by atoms with van der Waals surface area (Å²) in [5, 5.41) is 7.17. The predicted molar refractivity (Wildman–Crippen MR) is 47.6 cm³/mol. The highest BCUT2D eigenvalue weighted by atomic mass is 15.1. The van der Waals surface area contributed by atoms with Crippen LogP contribution in [-0.2, 0) is 0 Å². The molecule has 3 heteroatoms. The minimum Gasteiger partial charge on any atom is -0.323 e. The van der Waals surface area contributed by atoms with Gasteiger partial charge in [0.05, 0.1) is 0 Å². The summed E-state index contributed by atoms with van der Waals surface area (Å²) in [6, 6.07) is 0.636. The van der Waals surface area contributed by atoms with Crippen molar-refractivity contribution in [1.82, 2.24) is 5.32 Å². The maximum atomic E-state index is 5.22. The number of nitrogens with one attached hydrogen (secondary N) is 1. The monoisotopic (exact) mass is 155 g/mol. The molecular formula is C8H17N3. The molecule has 3 N–H and O–H groups in total. The molecule has 0 amide bonds. The average molecular weight is 155 g/mol. The van der Waals surface area contributed by atoms with Gasteiger partial charge in [0.1, 0.15) is 0 Å². The molecule has 11 heavy (non-hydrogen) atoms. The minimum absolute atomic E-state index is 0.636. The Labute approximate surface area is 68.0 Å². The first kappa shape index (κ1) is 8.53. The van der Waals surface area contributed by atoms with E-state index in [0.717, 1.165) is 25.1 Å². The Hall–Kier alpha value is -0.570. The topological polar surface area (TPSA) is 50.4 Å². The van der Waals surface area contributed by atoms with Gasteiger partial charge in [0.15, 0.2) is 0 Å². The third kappa shape index (κ3) is 2.50. The normalized spacial score (nSPS) is 25.9. The van der Waals surface area contributed by atoms with Crippen LogP contribution in [0.4, 0.5) is 0 Å². The maximum Gasteiger partial charge on any atom is 0.0388 e. The van der Waals surface area contributed by atoms with Crippen LogP contribution < -0.4 is 11.2 Å². The van der Waals surface area contributed by atoms with Crippen LogP contribution in [0.5, 0.6) is 0 Å². The van der Waals surface area contributed by atoms with E-state index in [1.807, 2.05) is 0 Å². The lowest BCUT2D eigenvalue weighted by molar-refractivity contribution is 0.624. The van der Waals surface area contributed by atoms with Crippen molar-refractivity contribution in [2.24, 2.45) is 10.9 Å². The van der Waals surface area contributed by atoms with Crippen LogP contribution in [0.3, 0.4) is 0 Å². The molecule has 0 aromatic carbocycles. The smallest absolute Gasteiger partial charge is 0.0388 e. The SMILES string of the molecule is CC/C(CC1CCCN1)=N\N. The largest absolute Gasteiger partial charge is 0.323 e. The lowest BCUT2D eigenvalue weighted by atomic mass is 10.1. The van der Waals surface area contributed by atoms with Crippen LogP contribution in [0.15, 0.2) is 5.10 Å². The summed E-state index contributed by atoms with van der Waals surface area (Å²) < 4.78 is 0. The van der Waals surface area contributed by atoms with E-state index in [2.05, 4.69) is 17.3 Å². The Morgan fingerprint density at radius 2 is 2.55 bits per heavy atom. The fourth-order valence-electron chi connectivity index (χ4n) is 1.50. The summed E-state index contributed by atoms with van der Waals surface area (Å²) >= 11 is 0. The summed E-state index contributed by atoms with van der Waals surface area (Å²) in [6.07, 6.45) is 4.59. The lowest BCUT2D eigenvalue weighted by Crippen LogP contribution is -2.24. The number of nitrogens with zero attached hydrogens (tertiary/aromatic N) is 1. The predicted octanol–water partition coefficient (Wildman–Crippen LogP) is 0.853. The van der Waals surface area contributed by atoms with Gasteiger partial charge in [0, 0.05) is 18.2 Å². The quantitative estimate of drug-likeness (QED) is 0.361. The van der Waals surface area contributed by atoms with Crippen molar-refractivity contribution in [2.45, 2.75) is 38.6 Å². The van der Waals surface area contributed by atoms with Gasteiger partial charge in [-0.15, -0.1) is 0 Å². The van der Waals surface area contributed by atoms with Crippen molar-refractivity contribution in [1.29, 1.82) is 0 Å². The van der Waals surface area contributed by atoms with Crippen molar-refractivity contribution in [2.75, 3.05) is 6.54 Å². The van der Waals surface area contributed by atoms with Crippen molar-refractivity contribution in [3.8, 4) is 0 Å². The van der Waals surface area contributed by atoms with E-state index in [-0.39, 0.29) is 0 Å². The highest BCUT2D eigenvalue weighted by Gasteiger charge is 2.15. The Kier molecular flexibility index (Phi) is 3.36. The summed E-state index contributed by atoms with van der Waals surface area (Å²) in [4.78, 5) is 0. The Morgan fingerprint density at radius 1 is 1.73 bits per heavy atom. The van der Waals surface area contributed by atoms with Gasteiger partial charge >= 0.3 is 0 Å². The zero-order valence-electron chi connectivity index (χ0n) is 7.14. The fourth-order valence-corrected chi connectivity index (χ4v) is 1.50. The van der Waals surface area contributed by atoms with E-state index < -0.39 is 0 Å². The van der Waals surface area contributed by atoms with Crippen LogP contribution in [-0.4, -0.2) is 18.3 Å². The molecule has 1 saturated heterocycles. The number of hydrazone groups is 1. The zero-order valence-corrected chi connectivity index (χ0v) is 7.14. The molecule has 1 atom stereocenters. The standard InChI is InChI=1S/C8H17N3/c1-2-7(11-9)6-8-4-3-5-10-8/h8,10H,2-6,9H2,1H3/b11-7+. The Balaban J connectivity index is 2.27. The van der Waals surface area contributed by atoms with E-state index in [4.69, 9.17) is 5.84 Å². The molecule has 1 aliphatic heterocycles. The molecule has 0 aliphatic carbocycles. The van der Waals surface area contributed by atoms with Crippen LogP contribution in [0.2, 0.25) is 0 Å². The summed E-state index contributed by atoms with van der Waals surface area (Å²) in [5.41, 5.74) is 1.13. The maximum absolute atomic E-state index is 5.22. The fraction of sp³-hybridized carbons (Fsp3) is 0.875. The van der Waals surface area contributed by atoms with Gasteiger partial charge in [0.2, 0.25) is 0 Å². The van der Waals surface area contributed by atoms with E-state index in [0.29, 0.717) is 6.04 Å². The molecular weight excluding hydrogens is 138 g/mol. The van der Waals surface area contributed by atoms with Crippen LogP contribution in [0.1, 0.15) is 32.6 Å². The molecule has 0 spiro atoms. The van der Waals surface area contributed by atoms with Crippen molar-refractivity contribution in [3.05, 3.63) is 0 Å². The van der Waals surface area contributed by atoms with Crippen LogP contribution in [0, 0.1) is 0 Å². The highest BCUT2D eigenvalue weighted by molar-refractivity contribution is 5.84. The van der Waals surface area contributed by atoms with E-state index in [9.17, 15) is 0 Å². The Bertz CT molecular complexity index is 136. The van der Waals surface area contributed by atoms with Crippen LogP contribution >= 0.6 is 0 Å². The van der Waals surface area contributed by atoms with E-state index in [1.165, 1.54) is 12.8 Å². The molecule has 1 rings (SSSR count). The molecule has 1 heterocycles. The lowest BCUT2D eigenvalue weighted by Gasteiger charge is -2.09. The molecule has 0 aromatic heterocycles. The third-order valence-corrected chi connectivity index (χ3v) is 2.24. The van der Waals surface area contributed by atoms with Gasteiger partial charge in [-0.2, -0.15) is 5.10 Å². The van der Waals surface area contributed by atoms with Gasteiger partial charge in [-0.25, -0.2) is 0 Å². The minimum atomic E-state index is 0.636. The van der Waals surface area contributed by atoms with Gasteiger partial charge in [0.25, 0.3) is 0 Å². The molecule has 3 nitrogen and oxygen atoms in total. The molecule has 64 valence electrons. The van der Waals surface area contributed by atoms with Crippen molar-refractivity contribution in [3.63, 3.8) is 0 Å². The average Bonchev–Trinajstić information content (AvgIpc) is 2.52. The molecule has 0 saturated carbocycles. The summed E-state index contributed by atoms with van der Waals surface area (Å²) in [7, 11) is 0. The number of hydrogen-bond donors (Lipinski definition) is 2. The second kappa shape index (κ2) is 4.34. The number of rotatable bonds is 3. The van der Waals surface area contributed by atoms with Crippen LogP contribution in [0.25, 0.3) is 0 Å². The highest BCUT2D eigenvalue weighted by Crippen LogP contribution is 2.10. The molecule has 0 radical (unpaired) electrons. The zero-order chi connectivity index (χ0) is 8.10. The van der Waals surface area contributed by atoms with Gasteiger partial charge in [-0.05, 0) is 25.8 Å². The van der Waals surface area contributed by atoms with Gasteiger partial charge in [-0.3, -0.25) is 0 Å². The molecule has 0 bridgehead atoms. The first-order valence-electron chi connectivity index (χ1n) is 4.35. The Morgan fingerprint density at radius 3 is 3.00 bits per heavy atom. The molecule has 0 aromatic rings. The molecule has 1 unspecified atom stereocenters.